The molecule has 0 aliphatic heterocycles. The molecule has 1 aromatic carbocycles. The van der Waals surface area contributed by atoms with Crippen molar-refractivity contribution in [2.24, 2.45) is 0 Å². The average molecular weight is 259 g/mol. The van der Waals surface area contributed by atoms with Crippen LogP contribution in [0.3, 0.4) is 0 Å². The number of halogens is 1. The molecule has 0 saturated heterocycles. The molecule has 0 fully saturated rings. The van der Waals surface area contributed by atoms with Gasteiger partial charge < -0.3 is 5.73 Å². The first kappa shape index (κ1) is 10.6. The number of benzene rings is 1. The Hall–Kier alpha value is -1.43. The summed E-state index contributed by atoms with van der Waals surface area (Å²) in [5, 5.41) is 10.5. The lowest BCUT2D eigenvalue weighted by Crippen LogP contribution is -2.02. The van der Waals surface area contributed by atoms with E-state index in [4.69, 9.17) is 5.73 Å². The number of hydrogen-bond donors (Lipinski definition) is 1. The fourth-order valence-electron chi connectivity index (χ4n) is 1.03. The summed E-state index contributed by atoms with van der Waals surface area (Å²) >= 11 is 2.98. The van der Waals surface area contributed by atoms with Crippen molar-refractivity contribution >= 4 is 33.1 Å². The van der Waals surface area contributed by atoms with E-state index in [0.29, 0.717) is 0 Å². The summed E-state index contributed by atoms with van der Waals surface area (Å²) < 4.78 is 0.148. The van der Waals surface area contributed by atoms with Gasteiger partial charge in [0.1, 0.15) is 4.47 Å². The van der Waals surface area contributed by atoms with E-state index in [1.54, 1.807) is 0 Å². The number of carbonyl (C=O) groups excluding carboxylic acids is 1. The van der Waals surface area contributed by atoms with Gasteiger partial charge in [-0.25, -0.2) is 0 Å². The molecule has 14 heavy (non-hydrogen) atoms. The van der Waals surface area contributed by atoms with Gasteiger partial charge in [-0.3, -0.25) is 14.9 Å². The quantitative estimate of drug-likeness (QED) is 0.381. The summed E-state index contributed by atoms with van der Waals surface area (Å²) in [5.41, 5.74) is 5.79. The van der Waals surface area contributed by atoms with Crippen molar-refractivity contribution in [1.82, 2.24) is 0 Å². The molecule has 0 spiro atoms. The molecule has 0 aliphatic rings. The second-order valence-electron chi connectivity index (χ2n) is 2.67. The van der Waals surface area contributed by atoms with E-state index in [1.807, 2.05) is 0 Å². The molecule has 0 saturated carbocycles. The van der Waals surface area contributed by atoms with Gasteiger partial charge in [-0.15, -0.1) is 0 Å². The van der Waals surface area contributed by atoms with Crippen molar-refractivity contribution in [1.29, 1.82) is 0 Å². The first-order chi connectivity index (χ1) is 6.45. The molecule has 0 unspecified atom stereocenters. The fraction of sp³-hybridized carbons (Fsp3) is 0.125. The van der Waals surface area contributed by atoms with Crippen LogP contribution in [0.4, 0.5) is 11.4 Å². The summed E-state index contributed by atoms with van der Waals surface area (Å²) in [6, 6.07) is 2.59. The Bertz CT molecular complexity index is 378. The van der Waals surface area contributed by atoms with E-state index >= 15 is 0 Å². The molecule has 0 atom stereocenters. The van der Waals surface area contributed by atoms with E-state index in [9.17, 15) is 14.9 Å². The Morgan fingerprint density at radius 2 is 2.14 bits per heavy atom. The Morgan fingerprint density at radius 1 is 1.57 bits per heavy atom. The molecule has 74 valence electrons. The molecule has 2 N–H and O–H groups in total. The molecular weight excluding hydrogens is 252 g/mol. The lowest BCUT2D eigenvalue weighted by atomic mass is 10.1. The van der Waals surface area contributed by atoms with E-state index < -0.39 is 4.92 Å². The number of nitrogens with zero attached hydrogens (tertiary/aromatic N) is 1. The maximum absolute atomic E-state index is 11.0. The number of nitro groups is 1. The Labute approximate surface area is 88.2 Å². The van der Waals surface area contributed by atoms with Gasteiger partial charge in [-0.1, -0.05) is 0 Å². The maximum Gasteiger partial charge on any atom is 0.285 e. The molecule has 0 bridgehead atoms. The monoisotopic (exact) mass is 258 g/mol. The Kier molecular flexibility index (Phi) is 2.85. The van der Waals surface area contributed by atoms with Crippen LogP contribution in [0.1, 0.15) is 17.3 Å². The van der Waals surface area contributed by atoms with Crippen molar-refractivity contribution in [3.05, 3.63) is 32.3 Å². The molecule has 1 rings (SSSR count). The second-order valence-corrected chi connectivity index (χ2v) is 3.47. The van der Waals surface area contributed by atoms with Crippen molar-refractivity contribution in [3.63, 3.8) is 0 Å². The van der Waals surface area contributed by atoms with Crippen molar-refractivity contribution < 1.29 is 9.72 Å². The van der Waals surface area contributed by atoms with Crippen LogP contribution < -0.4 is 5.73 Å². The van der Waals surface area contributed by atoms with Gasteiger partial charge in [0.25, 0.3) is 5.69 Å². The minimum atomic E-state index is -0.565. The van der Waals surface area contributed by atoms with Crippen LogP contribution in [0.2, 0.25) is 0 Å². The molecule has 5 nitrogen and oxygen atoms in total. The summed E-state index contributed by atoms with van der Waals surface area (Å²) in [7, 11) is 0. The predicted octanol–water partition coefficient (Wildman–Crippen LogP) is 2.14. The number of rotatable bonds is 2. The van der Waals surface area contributed by atoms with Crippen LogP contribution in [-0.2, 0) is 0 Å². The van der Waals surface area contributed by atoms with Crippen molar-refractivity contribution in [2.75, 3.05) is 5.73 Å². The van der Waals surface area contributed by atoms with Crippen LogP contribution in [0, 0.1) is 10.1 Å². The molecule has 0 amide bonds. The number of Topliss-reactive ketones (excluding diaryl/α,β-unsaturated/α-hetero) is 1. The minimum Gasteiger partial charge on any atom is -0.397 e. The smallest absolute Gasteiger partial charge is 0.285 e. The summed E-state index contributed by atoms with van der Waals surface area (Å²) in [6.07, 6.45) is 0. The largest absolute Gasteiger partial charge is 0.397 e. The van der Waals surface area contributed by atoms with Crippen LogP contribution in [0.25, 0.3) is 0 Å². The second kappa shape index (κ2) is 3.75. The lowest BCUT2D eigenvalue weighted by molar-refractivity contribution is -0.385. The first-order valence-corrected chi connectivity index (χ1v) is 4.47. The summed E-state index contributed by atoms with van der Waals surface area (Å²) in [4.78, 5) is 21.0. The molecule has 1 aromatic rings. The van der Waals surface area contributed by atoms with E-state index in [1.165, 1.54) is 19.1 Å². The van der Waals surface area contributed by atoms with Gasteiger partial charge in [-0.05, 0) is 28.9 Å². The summed E-state index contributed by atoms with van der Waals surface area (Å²) in [6.45, 7) is 1.35. The molecule has 0 radical (unpaired) electrons. The number of anilines is 1. The third kappa shape index (κ3) is 1.74. The topological polar surface area (TPSA) is 86.2 Å². The van der Waals surface area contributed by atoms with Crippen LogP contribution in [-0.4, -0.2) is 10.7 Å². The Balaban J connectivity index is 3.41. The van der Waals surface area contributed by atoms with Crippen LogP contribution >= 0.6 is 15.9 Å². The van der Waals surface area contributed by atoms with Gasteiger partial charge in [-0.2, -0.15) is 0 Å². The molecule has 0 heterocycles. The third-order valence-electron chi connectivity index (χ3n) is 1.74. The van der Waals surface area contributed by atoms with Crippen molar-refractivity contribution in [2.45, 2.75) is 6.92 Å². The first-order valence-electron chi connectivity index (χ1n) is 3.68. The molecule has 0 aromatic heterocycles. The van der Waals surface area contributed by atoms with Gasteiger partial charge in [0.15, 0.2) is 5.78 Å². The highest BCUT2D eigenvalue weighted by molar-refractivity contribution is 9.10. The zero-order chi connectivity index (χ0) is 10.9. The standard InChI is InChI=1S/C8H7BrN2O3/c1-4(12)5-2-3-6(11(13)14)7(9)8(5)10/h2-3H,10H2,1H3. The van der Waals surface area contributed by atoms with E-state index in [0.717, 1.165) is 0 Å². The highest BCUT2D eigenvalue weighted by Crippen LogP contribution is 2.32. The number of nitro benzene ring substituents is 1. The highest BCUT2D eigenvalue weighted by Gasteiger charge is 2.18. The van der Waals surface area contributed by atoms with Gasteiger partial charge in [0, 0.05) is 11.6 Å². The minimum absolute atomic E-state index is 0.103. The highest BCUT2D eigenvalue weighted by atomic mass is 79.9. The zero-order valence-electron chi connectivity index (χ0n) is 7.28. The van der Waals surface area contributed by atoms with Crippen LogP contribution in [0.15, 0.2) is 16.6 Å². The maximum atomic E-state index is 11.0. The zero-order valence-corrected chi connectivity index (χ0v) is 8.87. The third-order valence-corrected chi connectivity index (χ3v) is 2.57. The number of carbonyl (C=O) groups is 1. The van der Waals surface area contributed by atoms with E-state index in [2.05, 4.69) is 15.9 Å². The number of hydrogen-bond acceptors (Lipinski definition) is 4. The summed E-state index contributed by atoms with van der Waals surface area (Å²) in [5.74, 6) is -0.224. The predicted molar refractivity (Wildman–Crippen MR) is 55.2 cm³/mol. The molecule has 0 aliphatic carbocycles. The van der Waals surface area contributed by atoms with Gasteiger partial charge in [0.2, 0.25) is 0 Å². The average Bonchev–Trinajstić information content (AvgIpc) is 2.08. The lowest BCUT2D eigenvalue weighted by Gasteiger charge is -2.04. The van der Waals surface area contributed by atoms with Crippen LogP contribution in [0.5, 0.6) is 0 Å². The number of nitrogens with two attached hydrogens (primary N) is 1. The number of nitrogen functional groups attached to an aromatic ring is 1. The van der Waals surface area contributed by atoms with Gasteiger partial charge >= 0.3 is 0 Å². The normalized spacial score (nSPS) is 9.86. The number of ketones is 1. The molecular formula is C8H7BrN2O3. The fourth-order valence-corrected chi connectivity index (χ4v) is 1.52. The van der Waals surface area contributed by atoms with Crippen molar-refractivity contribution in [3.8, 4) is 0 Å². The van der Waals surface area contributed by atoms with E-state index in [-0.39, 0.29) is 27.2 Å². The van der Waals surface area contributed by atoms with Gasteiger partial charge in [0.05, 0.1) is 10.6 Å². The Morgan fingerprint density at radius 3 is 2.57 bits per heavy atom. The SMILES string of the molecule is CC(=O)c1ccc([N+](=O)[O-])c(Br)c1N. The molecule has 6 heteroatoms.